The fourth-order valence-corrected chi connectivity index (χ4v) is 2.26. The van der Waals surface area contributed by atoms with Gasteiger partial charge < -0.3 is 14.4 Å². The zero-order chi connectivity index (χ0) is 14.9. The lowest BCUT2D eigenvalue weighted by Gasteiger charge is -2.10. The molecule has 0 saturated carbocycles. The molecular weight excluding hydrogens is 326 g/mol. The number of Topliss-reactive ketones (excluding diaryl/α,β-unsaturated/α-hetero) is 1. The van der Waals surface area contributed by atoms with Crippen LogP contribution >= 0.6 is 15.9 Å². The van der Waals surface area contributed by atoms with Gasteiger partial charge in [0.2, 0.25) is 0 Å². The number of ether oxygens (including phenoxy) is 1. The summed E-state index contributed by atoms with van der Waals surface area (Å²) in [6.07, 6.45) is 1.51. The van der Waals surface area contributed by atoms with Gasteiger partial charge in [-0.2, -0.15) is 0 Å². The average molecular weight is 338 g/mol. The van der Waals surface area contributed by atoms with E-state index in [4.69, 9.17) is 4.74 Å². The highest BCUT2D eigenvalue weighted by atomic mass is 79.9. The smallest absolute Gasteiger partial charge is 0.352 e. The summed E-state index contributed by atoms with van der Waals surface area (Å²) in [7, 11) is 1.53. The van der Waals surface area contributed by atoms with Crippen molar-refractivity contribution in [3.63, 3.8) is 0 Å². The number of carbonyl (C=O) groups excluding carboxylic acids is 1. The first-order valence-corrected chi connectivity index (χ1v) is 6.54. The first-order valence-electron chi connectivity index (χ1n) is 5.74. The molecular formula is C14H12BrNO4. The number of carboxylic acid groups (broad SMARTS) is 1. The number of hydrogen-bond donors (Lipinski definition) is 1. The molecule has 5 nitrogen and oxygen atoms in total. The molecule has 0 spiro atoms. The SMILES string of the molecule is COc1ccc(Br)c(-n2cc(C(C)=O)cc2C(=O)O)c1. The number of aromatic carboxylic acids is 1. The molecule has 20 heavy (non-hydrogen) atoms. The van der Waals surface area contributed by atoms with Crippen LogP contribution in [0.25, 0.3) is 5.69 Å². The van der Waals surface area contributed by atoms with Crippen LogP contribution in [0.2, 0.25) is 0 Å². The van der Waals surface area contributed by atoms with Crippen molar-refractivity contribution >= 4 is 27.7 Å². The summed E-state index contributed by atoms with van der Waals surface area (Å²) in [5, 5.41) is 9.26. The van der Waals surface area contributed by atoms with Crippen molar-refractivity contribution in [3.05, 3.63) is 46.2 Å². The van der Waals surface area contributed by atoms with Crippen LogP contribution in [0.3, 0.4) is 0 Å². The minimum Gasteiger partial charge on any atom is -0.497 e. The average Bonchev–Trinajstić information content (AvgIpc) is 2.84. The minimum atomic E-state index is -1.10. The highest BCUT2D eigenvalue weighted by Gasteiger charge is 2.17. The van der Waals surface area contributed by atoms with Gasteiger partial charge in [-0.3, -0.25) is 4.79 Å². The number of nitrogens with zero attached hydrogens (tertiary/aromatic N) is 1. The van der Waals surface area contributed by atoms with Crippen LogP contribution < -0.4 is 4.74 Å². The standard InChI is InChI=1S/C14H12BrNO4/c1-8(17)9-5-13(14(18)19)16(7-9)12-6-10(20-2)3-4-11(12)15/h3-7H,1-2H3,(H,18,19). The molecule has 0 unspecified atom stereocenters. The molecule has 6 heteroatoms. The highest BCUT2D eigenvalue weighted by Crippen LogP contribution is 2.28. The van der Waals surface area contributed by atoms with E-state index in [0.29, 0.717) is 21.5 Å². The molecule has 104 valence electrons. The zero-order valence-electron chi connectivity index (χ0n) is 10.9. The Morgan fingerprint density at radius 2 is 2.00 bits per heavy atom. The van der Waals surface area contributed by atoms with E-state index >= 15 is 0 Å². The van der Waals surface area contributed by atoms with Crippen LogP contribution in [0, 0.1) is 0 Å². The number of ketones is 1. The van der Waals surface area contributed by atoms with Crippen molar-refractivity contribution in [3.8, 4) is 11.4 Å². The van der Waals surface area contributed by atoms with Crippen molar-refractivity contribution in [1.29, 1.82) is 0 Å². The Morgan fingerprint density at radius 1 is 1.30 bits per heavy atom. The first-order chi connectivity index (χ1) is 9.43. The van der Waals surface area contributed by atoms with E-state index in [1.807, 2.05) is 0 Å². The molecule has 0 fully saturated rings. The molecule has 0 atom stereocenters. The molecule has 1 heterocycles. The molecule has 1 aromatic carbocycles. The first kappa shape index (κ1) is 14.3. The lowest BCUT2D eigenvalue weighted by atomic mass is 10.2. The Balaban J connectivity index is 2.67. The van der Waals surface area contributed by atoms with E-state index in [-0.39, 0.29) is 11.5 Å². The maximum absolute atomic E-state index is 11.4. The Kier molecular flexibility index (Phi) is 3.94. The number of aromatic nitrogens is 1. The Hall–Kier alpha value is -2.08. The molecule has 0 aliphatic heterocycles. The van der Waals surface area contributed by atoms with Crippen LogP contribution in [0.5, 0.6) is 5.75 Å². The van der Waals surface area contributed by atoms with E-state index in [1.54, 1.807) is 18.2 Å². The summed E-state index contributed by atoms with van der Waals surface area (Å²) in [6.45, 7) is 1.39. The van der Waals surface area contributed by atoms with Gasteiger partial charge in [0.25, 0.3) is 0 Å². The van der Waals surface area contributed by atoms with E-state index in [0.717, 1.165) is 0 Å². The fraction of sp³-hybridized carbons (Fsp3) is 0.143. The van der Waals surface area contributed by atoms with Gasteiger partial charge in [-0.05, 0) is 41.1 Å². The molecule has 2 aromatic rings. The maximum Gasteiger partial charge on any atom is 0.352 e. The normalized spacial score (nSPS) is 10.3. The number of hydrogen-bond acceptors (Lipinski definition) is 3. The van der Waals surface area contributed by atoms with E-state index in [9.17, 15) is 14.7 Å². The second-order valence-electron chi connectivity index (χ2n) is 4.16. The summed E-state index contributed by atoms with van der Waals surface area (Å²) >= 11 is 3.37. The van der Waals surface area contributed by atoms with Gasteiger partial charge in [-0.1, -0.05) is 0 Å². The van der Waals surface area contributed by atoms with Crippen LogP contribution in [-0.4, -0.2) is 28.5 Å². The lowest BCUT2D eigenvalue weighted by Crippen LogP contribution is -2.06. The number of methoxy groups -OCH3 is 1. The van der Waals surface area contributed by atoms with Gasteiger partial charge in [0.1, 0.15) is 11.4 Å². The monoisotopic (exact) mass is 337 g/mol. The summed E-state index contributed by atoms with van der Waals surface area (Å²) in [5.74, 6) is -0.699. The molecule has 0 aliphatic carbocycles. The third kappa shape index (κ3) is 2.60. The number of carboxylic acids is 1. The van der Waals surface area contributed by atoms with Crippen LogP contribution in [0.15, 0.2) is 34.9 Å². The van der Waals surface area contributed by atoms with Crippen molar-refractivity contribution in [2.45, 2.75) is 6.92 Å². The summed E-state index contributed by atoms with van der Waals surface area (Å²) in [5.41, 5.74) is 0.954. The second-order valence-corrected chi connectivity index (χ2v) is 5.02. The van der Waals surface area contributed by atoms with Crippen LogP contribution in [-0.2, 0) is 0 Å². The van der Waals surface area contributed by atoms with Crippen LogP contribution in [0.4, 0.5) is 0 Å². The molecule has 0 aliphatic rings. The molecule has 1 N–H and O–H groups in total. The largest absolute Gasteiger partial charge is 0.497 e. The topological polar surface area (TPSA) is 68.5 Å². The third-order valence-electron chi connectivity index (χ3n) is 2.86. The molecule has 0 radical (unpaired) electrons. The van der Waals surface area contributed by atoms with Crippen molar-refractivity contribution < 1.29 is 19.4 Å². The van der Waals surface area contributed by atoms with Gasteiger partial charge in [-0.15, -0.1) is 0 Å². The summed E-state index contributed by atoms with van der Waals surface area (Å²) in [4.78, 5) is 22.7. The van der Waals surface area contributed by atoms with Crippen molar-refractivity contribution in [2.75, 3.05) is 7.11 Å². The number of benzene rings is 1. The van der Waals surface area contributed by atoms with Crippen molar-refractivity contribution in [2.24, 2.45) is 0 Å². The van der Waals surface area contributed by atoms with E-state index in [2.05, 4.69) is 15.9 Å². The van der Waals surface area contributed by atoms with Gasteiger partial charge in [-0.25, -0.2) is 4.79 Å². The maximum atomic E-state index is 11.4. The Labute approximate surface area is 123 Å². The quantitative estimate of drug-likeness (QED) is 0.870. The Bertz CT molecular complexity index is 690. The predicted octanol–water partition coefficient (Wildman–Crippen LogP) is 3.15. The molecule has 0 saturated heterocycles. The van der Waals surface area contributed by atoms with Gasteiger partial charge in [0.05, 0.1) is 12.8 Å². The fourth-order valence-electron chi connectivity index (χ4n) is 1.82. The number of halogens is 1. The minimum absolute atomic E-state index is 0.0177. The highest BCUT2D eigenvalue weighted by molar-refractivity contribution is 9.10. The molecule has 1 aromatic heterocycles. The van der Waals surface area contributed by atoms with E-state index in [1.165, 1.54) is 30.9 Å². The van der Waals surface area contributed by atoms with E-state index < -0.39 is 5.97 Å². The van der Waals surface area contributed by atoms with Gasteiger partial charge >= 0.3 is 5.97 Å². The Morgan fingerprint density at radius 3 is 2.55 bits per heavy atom. The van der Waals surface area contributed by atoms with Gasteiger partial charge in [0, 0.05) is 22.3 Å². The summed E-state index contributed by atoms with van der Waals surface area (Å²) < 4.78 is 7.29. The number of carbonyl (C=O) groups is 2. The third-order valence-corrected chi connectivity index (χ3v) is 3.53. The van der Waals surface area contributed by atoms with Gasteiger partial charge in [0.15, 0.2) is 5.78 Å². The van der Waals surface area contributed by atoms with Crippen LogP contribution in [0.1, 0.15) is 27.8 Å². The molecule has 0 bridgehead atoms. The molecule has 2 rings (SSSR count). The zero-order valence-corrected chi connectivity index (χ0v) is 12.5. The lowest BCUT2D eigenvalue weighted by molar-refractivity contribution is 0.0688. The predicted molar refractivity (Wildman–Crippen MR) is 77.0 cm³/mol. The summed E-state index contributed by atoms with van der Waals surface area (Å²) in [6, 6.07) is 6.56. The van der Waals surface area contributed by atoms with Crippen molar-refractivity contribution in [1.82, 2.24) is 4.57 Å². The number of rotatable bonds is 4. The second kappa shape index (κ2) is 5.50. The molecule has 0 amide bonds.